The zero-order valence-corrected chi connectivity index (χ0v) is 9.54. The van der Waals surface area contributed by atoms with Crippen LogP contribution in [-0.4, -0.2) is 37.8 Å². The topological polar surface area (TPSA) is 58.4 Å². The fourth-order valence-corrected chi connectivity index (χ4v) is 4.18. The van der Waals surface area contributed by atoms with Gasteiger partial charge in [-0.2, -0.15) is 5.10 Å². The molecule has 1 aromatic heterocycles. The highest BCUT2D eigenvalue weighted by molar-refractivity contribution is 5.80. The lowest BCUT2D eigenvalue weighted by Gasteiger charge is -2.30. The Balaban J connectivity index is 1.81. The molecule has 3 aliphatic rings. The van der Waals surface area contributed by atoms with E-state index >= 15 is 0 Å². The van der Waals surface area contributed by atoms with Gasteiger partial charge in [-0.05, 0) is 25.3 Å². The predicted octanol–water partition coefficient (Wildman–Crippen LogP) is 0.877. The Bertz CT molecular complexity index is 498. The van der Waals surface area contributed by atoms with Crippen molar-refractivity contribution in [1.29, 1.82) is 0 Å². The maximum atomic E-state index is 11.6. The number of carboxylic acid groups (broad SMARTS) is 1. The average molecular weight is 233 g/mol. The zero-order valence-electron chi connectivity index (χ0n) is 9.54. The van der Waals surface area contributed by atoms with Crippen molar-refractivity contribution in [3.63, 3.8) is 0 Å². The van der Waals surface area contributed by atoms with E-state index in [1.165, 1.54) is 5.69 Å². The summed E-state index contributed by atoms with van der Waals surface area (Å²) in [6.45, 7) is 1.80. The smallest absolute Gasteiger partial charge is 0.324 e. The lowest BCUT2D eigenvalue weighted by molar-refractivity contribution is -0.148. The minimum atomic E-state index is -0.629. The van der Waals surface area contributed by atoms with Crippen molar-refractivity contribution < 1.29 is 9.90 Å². The third-order valence-corrected chi connectivity index (χ3v) is 4.78. The van der Waals surface area contributed by atoms with Crippen LogP contribution in [0.2, 0.25) is 0 Å². The minimum Gasteiger partial charge on any atom is -0.480 e. The highest BCUT2D eigenvalue weighted by Gasteiger charge is 2.61. The first-order valence-electron chi connectivity index (χ1n) is 6.24. The van der Waals surface area contributed by atoms with Crippen molar-refractivity contribution in [2.24, 2.45) is 5.92 Å². The molecule has 0 amide bonds. The Morgan fingerprint density at radius 1 is 1.59 bits per heavy atom. The van der Waals surface area contributed by atoms with Crippen molar-refractivity contribution in [1.82, 2.24) is 14.7 Å². The molecule has 0 aromatic carbocycles. The van der Waals surface area contributed by atoms with Crippen LogP contribution in [0.25, 0.3) is 0 Å². The summed E-state index contributed by atoms with van der Waals surface area (Å²) < 4.78 is 2.04. The van der Waals surface area contributed by atoms with Crippen molar-refractivity contribution >= 4 is 5.97 Å². The highest BCUT2D eigenvalue weighted by Crippen LogP contribution is 2.54. The molecule has 3 atom stereocenters. The van der Waals surface area contributed by atoms with E-state index in [4.69, 9.17) is 0 Å². The lowest BCUT2D eigenvalue weighted by Crippen LogP contribution is -2.46. The maximum absolute atomic E-state index is 11.6. The molecule has 2 saturated heterocycles. The van der Waals surface area contributed by atoms with Gasteiger partial charge >= 0.3 is 5.97 Å². The molecular weight excluding hydrogens is 218 g/mol. The number of hydrogen-bond donors (Lipinski definition) is 1. The van der Waals surface area contributed by atoms with E-state index in [0.717, 1.165) is 32.4 Å². The summed E-state index contributed by atoms with van der Waals surface area (Å²) in [6.07, 6.45) is 4.42. The number of nitrogens with zero attached hydrogens (tertiary/aromatic N) is 3. The molecule has 1 aromatic rings. The Hall–Kier alpha value is -1.36. The fraction of sp³-hybridized carbons (Fsp3) is 0.667. The van der Waals surface area contributed by atoms with E-state index in [1.54, 1.807) is 0 Å². The average Bonchev–Trinajstić information content (AvgIpc) is 2.91. The van der Waals surface area contributed by atoms with Crippen LogP contribution in [0.4, 0.5) is 0 Å². The van der Waals surface area contributed by atoms with Crippen molar-refractivity contribution in [2.45, 2.75) is 37.4 Å². The first-order valence-corrected chi connectivity index (χ1v) is 6.24. The molecule has 17 heavy (non-hydrogen) atoms. The number of carboxylic acids is 1. The summed E-state index contributed by atoms with van der Waals surface area (Å²) in [5.41, 5.74) is 0.630. The number of fused-ring (bicyclic) bond motifs is 5. The Labute approximate surface area is 99.0 Å². The summed E-state index contributed by atoms with van der Waals surface area (Å²) in [7, 11) is 0. The predicted molar refractivity (Wildman–Crippen MR) is 59.4 cm³/mol. The Kier molecular flexibility index (Phi) is 1.65. The second-order valence-electron chi connectivity index (χ2n) is 5.48. The van der Waals surface area contributed by atoms with Crippen LogP contribution in [0.15, 0.2) is 12.3 Å². The van der Waals surface area contributed by atoms with Crippen molar-refractivity contribution in [3.8, 4) is 0 Å². The van der Waals surface area contributed by atoms with Gasteiger partial charge in [-0.1, -0.05) is 0 Å². The molecule has 4 rings (SSSR count). The van der Waals surface area contributed by atoms with Crippen LogP contribution < -0.4 is 0 Å². The summed E-state index contributed by atoms with van der Waals surface area (Å²) in [5, 5.41) is 13.9. The maximum Gasteiger partial charge on any atom is 0.324 e. The van der Waals surface area contributed by atoms with Crippen LogP contribution in [0.3, 0.4) is 0 Å². The van der Waals surface area contributed by atoms with Gasteiger partial charge in [-0.3, -0.25) is 14.4 Å². The van der Waals surface area contributed by atoms with Gasteiger partial charge in [0.1, 0.15) is 5.54 Å². The van der Waals surface area contributed by atoms with Gasteiger partial charge in [0, 0.05) is 25.2 Å². The van der Waals surface area contributed by atoms with Crippen LogP contribution in [0.1, 0.15) is 31.0 Å². The number of hydrogen-bond acceptors (Lipinski definition) is 3. The highest BCUT2D eigenvalue weighted by atomic mass is 16.4. The van der Waals surface area contributed by atoms with Gasteiger partial charge in [0.15, 0.2) is 0 Å². The Morgan fingerprint density at radius 2 is 2.47 bits per heavy atom. The van der Waals surface area contributed by atoms with E-state index < -0.39 is 11.5 Å². The number of rotatable bonds is 1. The van der Waals surface area contributed by atoms with E-state index in [-0.39, 0.29) is 6.04 Å². The van der Waals surface area contributed by atoms with E-state index in [2.05, 4.69) is 10.00 Å². The standard InChI is InChI=1S/C12H15N3O2/c16-11(17)12-3-1-5-14(12)10-8(6-12)7-15-9(10)2-4-13-15/h2,4,8,10H,1,3,5-7H2,(H,16,17)/t8-,10-,12-/m0/s1. The normalized spacial score (nSPS) is 39.1. The van der Waals surface area contributed by atoms with Crippen LogP contribution in [0, 0.1) is 5.92 Å². The number of aromatic nitrogens is 2. The molecule has 0 aliphatic carbocycles. The lowest BCUT2D eigenvalue weighted by atomic mass is 9.89. The molecule has 4 heterocycles. The van der Waals surface area contributed by atoms with E-state index in [0.29, 0.717) is 5.92 Å². The molecule has 90 valence electrons. The minimum absolute atomic E-state index is 0.288. The van der Waals surface area contributed by atoms with Gasteiger partial charge in [-0.25, -0.2) is 0 Å². The quantitative estimate of drug-likeness (QED) is 0.782. The molecule has 0 bridgehead atoms. The molecule has 0 radical (unpaired) electrons. The molecule has 5 nitrogen and oxygen atoms in total. The summed E-state index contributed by atoms with van der Waals surface area (Å²) in [5.74, 6) is -0.189. The van der Waals surface area contributed by atoms with Gasteiger partial charge in [-0.15, -0.1) is 0 Å². The largest absolute Gasteiger partial charge is 0.480 e. The van der Waals surface area contributed by atoms with Crippen molar-refractivity contribution in [2.75, 3.05) is 6.54 Å². The van der Waals surface area contributed by atoms with Gasteiger partial charge < -0.3 is 5.11 Å². The van der Waals surface area contributed by atoms with E-state index in [1.807, 2.05) is 16.9 Å². The summed E-state index contributed by atoms with van der Waals surface area (Å²) >= 11 is 0. The first kappa shape index (κ1) is 9.65. The molecule has 0 unspecified atom stereocenters. The van der Waals surface area contributed by atoms with Crippen LogP contribution in [0.5, 0.6) is 0 Å². The SMILES string of the molecule is O=C(O)[C@@]12CCCN1[C@@H]1c3ccnn3C[C@@H]1C2. The van der Waals surface area contributed by atoms with E-state index in [9.17, 15) is 9.90 Å². The second kappa shape index (κ2) is 2.90. The Morgan fingerprint density at radius 3 is 3.29 bits per heavy atom. The number of carbonyl (C=O) groups is 1. The third-order valence-electron chi connectivity index (χ3n) is 4.78. The summed E-state index contributed by atoms with van der Waals surface area (Å²) in [4.78, 5) is 13.8. The molecule has 0 saturated carbocycles. The first-order chi connectivity index (χ1) is 8.22. The fourth-order valence-electron chi connectivity index (χ4n) is 4.18. The summed E-state index contributed by atoms with van der Waals surface area (Å²) in [6, 6.07) is 2.33. The molecule has 5 heteroatoms. The van der Waals surface area contributed by atoms with Gasteiger partial charge in [0.05, 0.1) is 11.7 Å². The number of aliphatic carboxylic acids is 1. The zero-order chi connectivity index (χ0) is 11.6. The second-order valence-corrected chi connectivity index (χ2v) is 5.48. The molecule has 0 spiro atoms. The van der Waals surface area contributed by atoms with Crippen LogP contribution in [-0.2, 0) is 11.3 Å². The van der Waals surface area contributed by atoms with Gasteiger partial charge in [0.2, 0.25) is 0 Å². The van der Waals surface area contributed by atoms with Gasteiger partial charge in [0.25, 0.3) is 0 Å². The monoisotopic (exact) mass is 233 g/mol. The molecule has 3 aliphatic heterocycles. The molecule has 2 fully saturated rings. The third kappa shape index (κ3) is 0.989. The van der Waals surface area contributed by atoms with Crippen molar-refractivity contribution in [3.05, 3.63) is 18.0 Å². The molecular formula is C12H15N3O2. The molecule has 1 N–H and O–H groups in total. The van der Waals surface area contributed by atoms with Crippen LogP contribution >= 0.6 is 0 Å².